The van der Waals surface area contributed by atoms with Crippen molar-refractivity contribution < 1.29 is 12.6 Å². The van der Waals surface area contributed by atoms with Gasteiger partial charge in [0.2, 0.25) is 5.09 Å². The van der Waals surface area contributed by atoms with Crippen LogP contribution in [-0.2, 0) is 20.6 Å². The lowest BCUT2D eigenvalue weighted by molar-refractivity contribution is 0.515. The van der Waals surface area contributed by atoms with Crippen LogP contribution < -0.4 is 5.14 Å². The number of fused-ring (bicyclic) bond motifs is 1. The summed E-state index contributed by atoms with van der Waals surface area (Å²) < 4.78 is 27.2. The van der Waals surface area contributed by atoms with E-state index in [1.54, 1.807) is 0 Å². The number of rotatable bonds is 1. The minimum absolute atomic E-state index is 0.177. The highest BCUT2D eigenvalue weighted by Gasteiger charge is 2.18. The second-order valence-corrected chi connectivity index (χ2v) is 5.31. The van der Waals surface area contributed by atoms with E-state index in [1.165, 1.54) is 6.08 Å². The predicted octanol–water partition coefficient (Wildman–Crippen LogP) is 1.40. The smallest absolute Gasteiger partial charge is 0.272 e. The lowest BCUT2D eigenvalue weighted by Gasteiger charge is -2.03. The van der Waals surface area contributed by atoms with Gasteiger partial charge in [-0.25, -0.2) is 13.6 Å². The van der Waals surface area contributed by atoms with Gasteiger partial charge in [-0.1, -0.05) is 18.2 Å². The van der Waals surface area contributed by atoms with Crippen LogP contribution >= 0.6 is 12.0 Å². The Morgan fingerprint density at radius 3 is 2.80 bits per heavy atom. The standard InChI is InChI=1S/C9H9NO3S2/c10-15(11,12)9-6-5-7-3-1-2-4-8(7)14-13-9/h1-4,6H,5H2,(H2,10,11,12). The fourth-order valence-electron chi connectivity index (χ4n) is 1.23. The van der Waals surface area contributed by atoms with Crippen molar-refractivity contribution in [3.05, 3.63) is 41.0 Å². The maximum absolute atomic E-state index is 11.1. The normalized spacial score (nSPS) is 15.9. The molecule has 15 heavy (non-hydrogen) atoms. The Labute approximate surface area is 92.4 Å². The van der Waals surface area contributed by atoms with Crippen molar-refractivity contribution in [2.24, 2.45) is 5.14 Å². The van der Waals surface area contributed by atoms with Crippen molar-refractivity contribution in [1.29, 1.82) is 0 Å². The molecule has 2 N–H and O–H groups in total. The lowest BCUT2D eigenvalue weighted by Crippen LogP contribution is -2.15. The van der Waals surface area contributed by atoms with Gasteiger partial charge in [0, 0.05) is 0 Å². The van der Waals surface area contributed by atoms with E-state index in [1.807, 2.05) is 24.3 Å². The first kappa shape index (κ1) is 10.5. The highest BCUT2D eigenvalue weighted by molar-refractivity contribution is 7.97. The first-order chi connectivity index (χ1) is 7.07. The maximum atomic E-state index is 11.1. The van der Waals surface area contributed by atoms with Crippen LogP contribution in [0.25, 0.3) is 0 Å². The topological polar surface area (TPSA) is 69.4 Å². The molecule has 0 spiro atoms. The summed E-state index contributed by atoms with van der Waals surface area (Å²) in [6.07, 6.45) is 1.99. The van der Waals surface area contributed by atoms with E-state index in [2.05, 4.69) is 0 Å². The third-order valence-electron chi connectivity index (χ3n) is 1.96. The van der Waals surface area contributed by atoms with Gasteiger partial charge in [-0.15, -0.1) is 0 Å². The van der Waals surface area contributed by atoms with Crippen molar-refractivity contribution in [3.8, 4) is 0 Å². The van der Waals surface area contributed by atoms with Crippen LogP contribution in [0.4, 0.5) is 0 Å². The molecule has 0 aliphatic carbocycles. The van der Waals surface area contributed by atoms with E-state index in [0.717, 1.165) is 22.5 Å². The van der Waals surface area contributed by atoms with Gasteiger partial charge in [0.05, 0.1) is 16.9 Å². The van der Waals surface area contributed by atoms with Crippen LogP contribution in [0.2, 0.25) is 0 Å². The average molecular weight is 243 g/mol. The maximum Gasteiger partial charge on any atom is 0.272 e. The third-order valence-corrected chi connectivity index (χ3v) is 3.71. The molecule has 4 nitrogen and oxygen atoms in total. The zero-order chi connectivity index (χ0) is 10.9. The van der Waals surface area contributed by atoms with Crippen LogP contribution in [0.15, 0.2) is 40.3 Å². The van der Waals surface area contributed by atoms with Gasteiger partial charge in [0.15, 0.2) is 0 Å². The van der Waals surface area contributed by atoms with Crippen molar-refractivity contribution in [2.45, 2.75) is 11.3 Å². The molecule has 0 fully saturated rings. The van der Waals surface area contributed by atoms with Gasteiger partial charge >= 0.3 is 0 Å². The Bertz CT molecular complexity index is 508. The van der Waals surface area contributed by atoms with Crippen LogP contribution in [-0.4, -0.2) is 8.42 Å². The van der Waals surface area contributed by atoms with Crippen molar-refractivity contribution in [2.75, 3.05) is 0 Å². The van der Waals surface area contributed by atoms with E-state index in [9.17, 15) is 8.42 Å². The predicted molar refractivity (Wildman–Crippen MR) is 58.3 cm³/mol. The Kier molecular flexibility index (Phi) is 2.72. The summed E-state index contributed by atoms with van der Waals surface area (Å²) in [4.78, 5) is 0.910. The van der Waals surface area contributed by atoms with Gasteiger partial charge < -0.3 is 4.18 Å². The third kappa shape index (κ3) is 2.34. The largest absolute Gasteiger partial charge is 0.407 e. The molecule has 0 amide bonds. The highest BCUT2D eigenvalue weighted by Crippen LogP contribution is 2.30. The van der Waals surface area contributed by atoms with Crippen LogP contribution in [0.5, 0.6) is 0 Å². The van der Waals surface area contributed by atoms with Crippen LogP contribution in [0, 0.1) is 0 Å². The molecule has 0 saturated heterocycles. The molecule has 0 aromatic heterocycles. The van der Waals surface area contributed by atoms with Crippen molar-refractivity contribution in [1.82, 2.24) is 0 Å². The van der Waals surface area contributed by atoms with Gasteiger partial charge in [-0.2, -0.15) is 0 Å². The molecule has 80 valence electrons. The first-order valence-electron chi connectivity index (χ1n) is 4.23. The molecular weight excluding hydrogens is 234 g/mol. The molecule has 6 heteroatoms. The number of hydrogen-bond acceptors (Lipinski definition) is 4. The number of nitrogens with two attached hydrogens (primary N) is 1. The summed E-state index contributed by atoms with van der Waals surface area (Å²) in [5, 5.41) is 4.80. The summed E-state index contributed by atoms with van der Waals surface area (Å²) in [5.41, 5.74) is 1.03. The first-order valence-corrected chi connectivity index (χ1v) is 6.51. The Hall–Kier alpha value is -0.980. The van der Waals surface area contributed by atoms with Crippen molar-refractivity contribution >= 4 is 22.1 Å². The summed E-state index contributed by atoms with van der Waals surface area (Å²) in [5.74, 6) is 0. The van der Waals surface area contributed by atoms with Crippen molar-refractivity contribution in [3.63, 3.8) is 0 Å². The van der Waals surface area contributed by atoms with Gasteiger partial charge in [-0.05, 0) is 24.1 Å². The lowest BCUT2D eigenvalue weighted by atomic mass is 10.1. The molecule has 1 aromatic rings. The van der Waals surface area contributed by atoms with E-state index in [-0.39, 0.29) is 5.09 Å². The Morgan fingerprint density at radius 1 is 1.33 bits per heavy atom. The summed E-state index contributed by atoms with van der Waals surface area (Å²) >= 11 is 1.02. The van der Waals surface area contributed by atoms with Crippen LogP contribution in [0.3, 0.4) is 0 Å². The molecule has 1 heterocycles. The molecular formula is C9H9NO3S2. The monoisotopic (exact) mass is 243 g/mol. The van der Waals surface area contributed by atoms with E-state index >= 15 is 0 Å². The summed E-state index contributed by atoms with van der Waals surface area (Å²) in [7, 11) is -3.75. The molecule has 0 unspecified atom stereocenters. The van der Waals surface area contributed by atoms with Gasteiger partial charge in [0.25, 0.3) is 10.0 Å². The average Bonchev–Trinajstić information content (AvgIpc) is 2.38. The number of sulfonamides is 1. The summed E-state index contributed by atoms with van der Waals surface area (Å²) in [6, 6.07) is 7.57. The second kappa shape index (κ2) is 3.88. The quantitative estimate of drug-likeness (QED) is 0.757. The summed E-state index contributed by atoms with van der Waals surface area (Å²) in [6.45, 7) is 0. The zero-order valence-corrected chi connectivity index (χ0v) is 9.35. The SMILES string of the molecule is NS(=O)(=O)C1=CCc2ccccc2SO1. The molecule has 0 radical (unpaired) electrons. The fraction of sp³-hybridized carbons (Fsp3) is 0.111. The second-order valence-electron chi connectivity index (χ2n) is 3.05. The number of hydrogen-bond donors (Lipinski definition) is 1. The fourth-order valence-corrected chi connectivity index (χ4v) is 2.66. The van der Waals surface area contributed by atoms with E-state index in [0.29, 0.717) is 6.42 Å². The molecule has 0 atom stereocenters. The molecule has 0 saturated carbocycles. The number of benzene rings is 1. The Balaban J connectivity index is 2.34. The molecule has 1 aliphatic rings. The minimum atomic E-state index is -3.75. The van der Waals surface area contributed by atoms with Gasteiger partial charge in [-0.3, -0.25) is 0 Å². The molecule has 2 rings (SSSR count). The van der Waals surface area contributed by atoms with Gasteiger partial charge in [0.1, 0.15) is 0 Å². The molecule has 1 aromatic carbocycles. The Morgan fingerprint density at radius 2 is 2.07 bits per heavy atom. The molecule has 1 aliphatic heterocycles. The van der Waals surface area contributed by atoms with Crippen LogP contribution in [0.1, 0.15) is 5.56 Å². The number of primary sulfonamides is 1. The van der Waals surface area contributed by atoms with E-state index < -0.39 is 10.0 Å². The number of allylic oxidation sites excluding steroid dienone is 1. The highest BCUT2D eigenvalue weighted by atomic mass is 32.2. The molecule has 0 bridgehead atoms. The minimum Gasteiger partial charge on any atom is -0.407 e. The zero-order valence-electron chi connectivity index (χ0n) is 7.71. The van der Waals surface area contributed by atoms with E-state index in [4.69, 9.17) is 9.32 Å².